The van der Waals surface area contributed by atoms with E-state index in [2.05, 4.69) is 10.2 Å². The van der Waals surface area contributed by atoms with Crippen LogP contribution in [0.25, 0.3) is 6.08 Å². The second kappa shape index (κ2) is 7.75. The Morgan fingerprint density at radius 1 is 1.31 bits per heavy atom. The summed E-state index contributed by atoms with van der Waals surface area (Å²) in [5, 5.41) is 12.3. The summed E-state index contributed by atoms with van der Waals surface area (Å²) >= 11 is 0. The lowest BCUT2D eigenvalue weighted by atomic mass is 10.1. The molecule has 0 radical (unpaired) electrons. The lowest BCUT2D eigenvalue weighted by molar-refractivity contribution is -0.117. The molecule has 0 saturated heterocycles. The molecular formula is C21H21N3O2. The van der Waals surface area contributed by atoms with Crippen molar-refractivity contribution in [3.63, 3.8) is 0 Å². The molecule has 2 aromatic carbocycles. The van der Waals surface area contributed by atoms with Gasteiger partial charge in [-0.1, -0.05) is 36.4 Å². The second-order valence-corrected chi connectivity index (χ2v) is 6.27. The highest BCUT2D eigenvalue weighted by molar-refractivity contribution is 6.02. The number of hydrogen-bond donors (Lipinski definition) is 1. The van der Waals surface area contributed by atoms with Gasteiger partial charge in [0.05, 0.1) is 18.3 Å². The van der Waals surface area contributed by atoms with Crippen LogP contribution >= 0.6 is 0 Å². The topological polar surface area (TPSA) is 65.4 Å². The molecule has 1 aliphatic rings. The molecule has 1 heterocycles. The standard InChI is InChI=1S/C21H21N3O2/c1-15(17-6-4-3-5-7-17)23-21(25)18(14-22)12-16-8-9-19-20(13-16)26-11-10-24(19)2/h3-9,12-13,15H,10-11H2,1-2H3,(H,23,25)/t15-/m0/s1. The van der Waals surface area contributed by atoms with Gasteiger partial charge in [0.1, 0.15) is 24.0 Å². The molecule has 132 valence electrons. The highest BCUT2D eigenvalue weighted by Gasteiger charge is 2.16. The lowest BCUT2D eigenvalue weighted by Gasteiger charge is -2.27. The Hall–Kier alpha value is -3.26. The van der Waals surface area contributed by atoms with Gasteiger partial charge in [-0.25, -0.2) is 0 Å². The van der Waals surface area contributed by atoms with Crippen molar-refractivity contribution in [2.75, 3.05) is 25.1 Å². The van der Waals surface area contributed by atoms with Gasteiger partial charge in [-0.2, -0.15) is 5.26 Å². The van der Waals surface area contributed by atoms with E-state index in [9.17, 15) is 10.1 Å². The molecule has 0 spiro atoms. The van der Waals surface area contributed by atoms with Gasteiger partial charge < -0.3 is 15.0 Å². The summed E-state index contributed by atoms with van der Waals surface area (Å²) in [7, 11) is 2.01. The van der Waals surface area contributed by atoms with Gasteiger partial charge in [0, 0.05) is 7.05 Å². The van der Waals surface area contributed by atoms with Crippen LogP contribution in [0.1, 0.15) is 24.1 Å². The number of nitrogens with one attached hydrogen (secondary N) is 1. The minimum absolute atomic E-state index is 0.0666. The molecule has 0 unspecified atom stereocenters. The van der Waals surface area contributed by atoms with E-state index < -0.39 is 0 Å². The van der Waals surface area contributed by atoms with Gasteiger partial charge in [-0.05, 0) is 36.3 Å². The third kappa shape index (κ3) is 3.86. The van der Waals surface area contributed by atoms with E-state index in [1.165, 1.54) is 0 Å². The Morgan fingerprint density at radius 3 is 2.81 bits per heavy atom. The fourth-order valence-electron chi connectivity index (χ4n) is 2.88. The van der Waals surface area contributed by atoms with Crippen LogP contribution in [0.4, 0.5) is 5.69 Å². The predicted octanol–water partition coefficient (Wildman–Crippen LogP) is 3.30. The lowest BCUT2D eigenvalue weighted by Crippen LogP contribution is -2.28. The average molecular weight is 347 g/mol. The summed E-state index contributed by atoms with van der Waals surface area (Å²) in [5.41, 5.74) is 2.83. The fourth-order valence-corrected chi connectivity index (χ4v) is 2.88. The minimum Gasteiger partial charge on any atom is -0.490 e. The minimum atomic E-state index is -0.389. The Balaban J connectivity index is 1.78. The molecule has 1 aliphatic heterocycles. The molecule has 5 nitrogen and oxygen atoms in total. The van der Waals surface area contributed by atoms with Crippen molar-refractivity contribution in [3.05, 3.63) is 65.2 Å². The maximum Gasteiger partial charge on any atom is 0.262 e. The number of fused-ring (bicyclic) bond motifs is 1. The SMILES string of the molecule is C[C@H](NC(=O)C(C#N)=Cc1ccc2c(c1)OCCN2C)c1ccccc1. The zero-order valence-corrected chi connectivity index (χ0v) is 14.9. The number of amides is 1. The summed E-state index contributed by atoms with van der Waals surface area (Å²) in [6.07, 6.45) is 1.59. The van der Waals surface area contributed by atoms with Crippen molar-refractivity contribution in [1.82, 2.24) is 5.32 Å². The molecule has 1 atom stereocenters. The molecular weight excluding hydrogens is 326 g/mol. The van der Waals surface area contributed by atoms with E-state index in [1.54, 1.807) is 6.08 Å². The highest BCUT2D eigenvalue weighted by Crippen LogP contribution is 2.32. The molecule has 5 heteroatoms. The number of nitrogens with zero attached hydrogens (tertiary/aromatic N) is 2. The maximum atomic E-state index is 12.5. The van der Waals surface area contributed by atoms with Crippen molar-refractivity contribution in [2.45, 2.75) is 13.0 Å². The molecule has 0 fully saturated rings. The summed E-state index contributed by atoms with van der Waals surface area (Å²) in [6, 6.07) is 17.1. The van der Waals surface area contributed by atoms with E-state index in [1.807, 2.05) is 68.6 Å². The normalized spacial score (nSPS) is 14.7. The molecule has 1 N–H and O–H groups in total. The number of carbonyl (C=O) groups excluding carboxylic acids is 1. The first-order valence-corrected chi connectivity index (χ1v) is 8.54. The van der Waals surface area contributed by atoms with Crippen LogP contribution in [-0.2, 0) is 4.79 Å². The molecule has 0 bridgehead atoms. The quantitative estimate of drug-likeness (QED) is 0.681. The van der Waals surface area contributed by atoms with Crippen LogP contribution in [-0.4, -0.2) is 26.1 Å². The highest BCUT2D eigenvalue weighted by atomic mass is 16.5. The molecule has 0 saturated carbocycles. The van der Waals surface area contributed by atoms with E-state index >= 15 is 0 Å². The smallest absolute Gasteiger partial charge is 0.262 e. The van der Waals surface area contributed by atoms with Crippen LogP contribution < -0.4 is 15.0 Å². The third-order valence-corrected chi connectivity index (χ3v) is 4.40. The monoisotopic (exact) mass is 347 g/mol. The van der Waals surface area contributed by atoms with Crippen LogP contribution in [0, 0.1) is 11.3 Å². The molecule has 0 aliphatic carbocycles. The molecule has 26 heavy (non-hydrogen) atoms. The summed E-state index contributed by atoms with van der Waals surface area (Å²) in [5.74, 6) is 0.377. The molecule has 2 aromatic rings. The Labute approximate surface area is 153 Å². The van der Waals surface area contributed by atoms with Crippen molar-refractivity contribution in [1.29, 1.82) is 5.26 Å². The number of nitriles is 1. The second-order valence-electron chi connectivity index (χ2n) is 6.27. The van der Waals surface area contributed by atoms with Crippen molar-refractivity contribution in [2.24, 2.45) is 0 Å². The van der Waals surface area contributed by atoms with Gasteiger partial charge in [0.2, 0.25) is 0 Å². The predicted molar refractivity (Wildman–Crippen MR) is 102 cm³/mol. The summed E-state index contributed by atoms with van der Waals surface area (Å²) in [6.45, 7) is 3.35. The van der Waals surface area contributed by atoms with Crippen LogP contribution in [0.2, 0.25) is 0 Å². The average Bonchev–Trinajstić information content (AvgIpc) is 2.66. The fraction of sp³-hybridized carbons (Fsp3) is 0.238. The number of anilines is 1. The maximum absolute atomic E-state index is 12.5. The Kier molecular flexibility index (Phi) is 5.23. The van der Waals surface area contributed by atoms with Gasteiger partial charge in [0.25, 0.3) is 5.91 Å². The first kappa shape index (κ1) is 17.6. The zero-order valence-electron chi connectivity index (χ0n) is 14.9. The third-order valence-electron chi connectivity index (χ3n) is 4.40. The van der Waals surface area contributed by atoms with Gasteiger partial charge in [0.15, 0.2) is 0 Å². The molecule has 0 aromatic heterocycles. The Bertz CT molecular complexity index is 869. The van der Waals surface area contributed by atoms with Crippen LogP contribution in [0.3, 0.4) is 0 Å². The zero-order chi connectivity index (χ0) is 18.5. The number of carbonyl (C=O) groups is 1. The summed E-state index contributed by atoms with van der Waals surface area (Å²) in [4.78, 5) is 14.6. The van der Waals surface area contributed by atoms with Gasteiger partial charge in [-0.15, -0.1) is 0 Å². The van der Waals surface area contributed by atoms with Crippen molar-refractivity contribution >= 4 is 17.7 Å². The van der Waals surface area contributed by atoms with Gasteiger partial charge >= 0.3 is 0 Å². The van der Waals surface area contributed by atoms with Crippen LogP contribution in [0.15, 0.2) is 54.1 Å². The first-order chi connectivity index (χ1) is 12.6. The van der Waals surface area contributed by atoms with Crippen LogP contribution in [0.5, 0.6) is 5.75 Å². The number of rotatable bonds is 4. The number of likely N-dealkylation sites (N-methyl/N-ethyl adjacent to an activating group) is 1. The Morgan fingerprint density at radius 2 is 2.08 bits per heavy atom. The van der Waals surface area contributed by atoms with Crippen molar-refractivity contribution < 1.29 is 9.53 Å². The van der Waals surface area contributed by atoms with Crippen molar-refractivity contribution in [3.8, 4) is 11.8 Å². The largest absolute Gasteiger partial charge is 0.490 e. The van der Waals surface area contributed by atoms with E-state index in [0.29, 0.717) is 6.61 Å². The number of benzene rings is 2. The van der Waals surface area contributed by atoms with E-state index in [0.717, 1.165) is 29.1 Å². The van der Waals surface area contributed by atoms with E-state index in [-0.39, 0.29) is 17.5 Å². The van der Waals surface area contributed by atoms with E-state index in [4.69, 9.17) is 4.74 Å². The first-order valence-electron chi connectivity index (χ1n) is 8.54. The van der Waals surface area contributed by atoms with Gasteiger partial charge in [-0.3, -0.25) is 4.79 Å². The number of ether oxygens (including phenoxy) is 1. The molecule has 1 amide bonds. The number of hydrogen-bond acceptors (Lipinski definition) is 4. The molecule has 3 rings (SSSR count). The summed E-state index contributed by atoms with van der Waals surface area (Å²) < 4.78 is 5.68.